The minimum Gasteiger partial charge on any atom is -0.311 e. The van der Waals surface area contributed by atoms with Gasteiger partial charge in [-0.05, 0) is 154 Å². The minimum absolute atomic E-state index is 0.0972. The van der Waals surface area contributed by atoms with Crippen molar-refractivity contribution in [3.63, 3.8) is 0 Å². The predicted molar refractivity (Wildman–Crippen MR) is 289 cm³/mol. The molecule has 1 heteroatoms. The highest BCUT2D eigenvalue weighted by atomic mass is 15.1. The molecule has 0 fully saturated rings. The number of anilines is 3. The molecule has 1 aliphatic carbocycles. The van der Waals surface area contributed by atoms with Crippen molar-refractivity contribution in [3.05, 3.63) is 272 Å². The summed E-state index contributed by atoms with van der Waals surface area (Å²) in [5.41, 5.74) is 23.2. The third-order valence-electron chi connectivity index (χ3n) is 14.1. The molecule has 12 rings (SSSR count). The van der Waals surface area contributed by atoms with Crippen LogP contribution in [0.1, 0.15) is 25.0 Å². The maximum atomic E-state index is 2.37. The Morgan fingerprint density at radius 2 is 0.618 bits per heavy atom. The van der Waals surface area contributed by atoms with Crippen molar-refractivity contribution in [2.45, 2.75) is 19.3 Å². The molecule has 0 radical (unpaired) electrons. The third kappa shape index (κ3) is 7.49. The summed E-state index contributed by atoms with van der Waals surface area (Å²) >= 11 is 0. The molecule has 0 aromatic heterocycles. The molecule has 0 heterocycles. The summed E-state index contributed by atoms with van der Waals surface area (Å²) in [5, 5.41) is 2.51. The molecule has 0 amide bonds. The quantitative estimate of drug-likeness (QED) is 0.140. The fraction of sp³-hybridized carbons (Fsp3) is 0.0448. The first kappa shape index (κ1) is 40.9. The van der Waals surface area contributed by atoms with Crippen molar-refractivity contribution in [2.24, 2.45) is 0 Å². The SMILES string of the molecule is CC1(C)c2ccccc2-c2cccc(-c3ccc(N(c4ccc(-c5ccc(-c6ccccc6)cc5)cc4)c4ccc(-c5cccc(-c6cccc(-c7ccc8ccccc8c7)c6)c5)cc4)cc3)c21. The lowest BCUT2D eigenvalue weighted by Gasteiger charge is -2.27. The Kier molecular flexibility index (Phi) is 10.3. The second-order valence-corrected chi connectivity index (χ2v) is 18.5. The van der Waals surface area contributed by atoms with Crippen LogP contribution in [0.2, 0.25) is 0 Å². The minimum atomic E-state index is -0.0972. The zero-order valence-electron chi connectivity index (χ0n) is 38.3. The molecular weight excluding hydrogens is 819 g/mol. The van der Waals surface area contributed by atoms with E-state index < -0.39 is 0 Å². The van der Waals surface area contributed by atoms with E-state index in [1.54, 1.807) is 0 Å². The molecule has 0 bridgehead atoms. The van der Waals surface area contributed by atoms with Crippen LogP contribution in [0.25, 0.3) is 88.7 Å². The summed E-state index contributed by atoms with van der Waals surface area (Å²) < 4.78 is 0. The molecule has 68 heavy (non-hydrogen) atoms. The van der Waals surface area contributed by atoms with Crippen molar-refractivity contribution in [1.82, 2.24) is 0 Å². The molecule has 1 nitrogen and oxygen atoms in total. The summed E-state index contributed by atoms with van der Waals surface area (Å²) in [6.45, 7) is 4.73. The molecule has 11 aromatic rings. The van der Waals surface area contributed by atoms with E-state index in [1.165, 1.54) is 99.8 Å². The third-order valence-corrected chi connectivity index (χ3v) is 14.1. The van der Waals surface area contributed by atoms with E-state index in [9.17, 15) is 0 Å². The Labute approximate surface area is 399 Å². The Morgan fingerprint density at radius 3 is 1.21 bits per heavy atom. The van der Waals surface area contributed by atoms with E-state index >= 15 is 0 Å². The zero-order valence-corrected chi connectivity index (χ0v) is 38.3. The molecule has 0 N–H and O–H groups in total. The van der Waals surface area contributed by atoms with Gasteiger partial charge in [0.05, 0.1) is 0 Å². The van der Waals surface area contributed by atoms with Gasteiger partial charge in [-0.2, -0.15) is 0 Å². The maximum Gasteiger partial charge on any atom is 0.0462 e. The first-order valence-electron chi connectivity index (χ1n) is 23.6. The van der Waals surface area contributed by atoms with Crippen molar-refractivity contribution >= 4 is 27.8 Å². The molecule has 0 saturated heterocycles. The molecule has 11 aromatic carbocycles. The van der Waals surface area contributed by atoms with Crippen LogP contribution in [0.15, 0.2) is 261 Å². The predicted octanol–water partition coefficient (Wildman–Crippen LogP) is 18.6. The molecular formula is C67H49N. The van der Waals surface area contributed by atoms with Gasteiger partial charge < -0.3 is 4.90 Å². The van der Waals surface area contributed by atoms with E-state index in [1.807, 2.05) is 0 Å². The van der Waals surface area contributed by atoms with Crippen LogP contribution >= 0.6 is 0 Å². The standard InChI is InChI=1S/C67H49N/c1-67(2)65-24-9-8-21-63(65)64-23-12-22-62(66(64)67)52-35-41-61(42-36-52)68(59-37-31-50(32-38-59)49-27-25-48(26-28-49)46-13-4-3-5-14-46)60-39-33-51(34-40-60)54-17-10-18-55(43-54)56-19-11-20-57(45-56)58-30-29-47-15-6-7-16-53(47)44-58/h3-45H,1-2H3. The highest BCUT2D eigenvalue weighted by Gasteiger charge is 2.37. The molecule has 0 atom stereocenters. The van der Waals surface area contributed by atoms with E-state index in [-0.39, 0.29) is 5.41 Å². The van der Waals surface area contributed by atoms with Gasteiger partial charge in [-0.15, -0.1) is 0 Å². The van der Waals surface area contributed by atoms with Crippen molar-refractivity contribution < 1.29 is 0 Å². The Bertz CT molecular complexity index is 3600. The van der Waals surface area contributed by atoms with Crippen LogP contribution in [0.5, 0.6) is 0 Å². The number of fused-ring (bicyclic) bond motifs is 4. The van der Waals surface area contributed by atoms with Gasteiger partial charge in [0.25, 0.3) is 0 Å². The monoisotopic (exact) mass is 867 g/mol. The summed E-state index contributed by atoms with van der Waals surface area (Å²) in [5.74, 6) is 0. The Morgan fingerprint density at radius 1 is 0.250 bits per heavy atom. The highest BCUT2D eigenvalue weighted by molar-refractivity contribution is 5.90. The largest absolute Gasteiger partial charge is 0.311 e. The van der Waals surface area contributed by atoms with Gasteiger partial charge in [0, 0.05) is 22.5 Å². The van der Waals surface area contributed by atoms with Gasteiger partial charge in [0.2, 0.25) is 0 Å². The lowest BCUT2D eigenvalue weighted by atomic mass is 9.79. The van der Waals surface area contributed by atoms with Gasteiger partial charge >= 0.3 is 0 Å². The molecule has 322 valence electrons. The van der Waals surface area contributed by atoms with Crippen LogP contribution in [0.4, 0.5) is 17.1 Å². The second kappa shape index (κ2) is 17.0. The maximum absolute atomic E-state index is 2.37. The van der Waals surface area contributed by atoms with Crippen LogP contribution in [0.3, 0.4) is 0 Å². The molecule has 0 unspecified atom stereocenters. The zero-order chi connectivity index (χ0) is 45.6. The number of hydrogen-bond acceptors (Lipinski definition) is 1. The van der Waals surface area contributed by atoms with E-state index in [0.717, 1.165) is 17.1 Å². The molecule has 0 aliphatic heterocycles. The van der Waals surface area contributed by atoms with Gasteiger partial charge in [0.1, 0.15) is 0 Å². The Balaban J connectivity index is 0.875. The van der Waals surface area contributed by atoms with Gasteiger partial charge in [-0.25, -0.2) is 0 Å². The average Bonchev–Trinajstić information content (AvgIpc) is 3.65. The summed E-state index contributed by atoms with van der Waals surface area (Å²) in [4.78, 5) is 2.37. The molecule has 1 aliphatic rings. The van der Waals surface area contributed by atoms with Crippen LogP contribution in [0, 0.1) is 0 Å². The van der Waals surface area contributed by atoms with Gasteiger partial charge in [-0.3, -0.25) is 0 Å². The molecule has 0 saturated carbocycles. The van der Waals surface area contributed by atoms with Crippen LogP contribution < -0.4 is 4.90 Å². The van der Waals surface area contributed by atoms with Gasteiger partial charge in [-0.1, -0.05) is 220 Å². The highest BCUT2D eigenvalue weighted by Crippen LogP contribution is 2.52. The van der Waals surface area contributed by atoms with E-state index in [2.05, 4.69) is 280 Å². The second-order valence-electron chi connectivity index (χ2n) is 18.5. The van der Waals surface area contributed by atoms with Crippen molar-refractivity contribution in [3.8, 4) is 77.9 Å². The smallest absolute Gasteiger partial charge is 0.0462 e. The first-order chi connectivity index (χ1) is 33.4. The summed E-state index contributed by atoms with van der Waals surface area (Å²) in [6.07, 6.45) is 0. The number of benzene rings is 11. The van der Waals surface area contributed by atoms with Gasteiger partial charge in [0.15, 0.2) is 0 Å². The van der Waals surface area contributed by atoms with Crippen molar-refractivity contribution in [1.29, 1.82) is 0 Å². The number of rotatable bonds is 9. The normalized spacial score (nSPS) is 12.4. The topological polar surface area (TPSA) is 3.24 Å². The van der Waals surface area contributed by atoms with E-state index in [4.69, 9.17) is 0 Å². The van der Waals surface area contributed by atoms with E-state index in [0.29, 0.717) is 0 Å². The van der Waals surface area contributed by atoms with Crippen molar-refractivity contribution in [2.75, 3.05) is 4.90 Å². The van der Waals surface area contributed by atoms with Crippen LogP contribution in [-0.4, -0.2) is 0 Å². The molecule has 0 spiro atoms. The fourth-order valence-electron chi connectivity index (χ4n) is 10.5. The summed E-state index contributed by atoms with van der Waals surface area (Å²) in [6, 6.07) is 95.4. The average molecular weight is 868 g/mol. The lowest BCUT2D eigenvalue weighted by Crippen LogP contribution is -2.16. The Hall–Kier alpha value is -8.52. The fourth-order valence-corrected chi connectivity index (χ4v) is 10.5. The number of hydrogen-bond donors (Lipinski definition) is 0. The van der Waals surface area contributed by atoms with Crippen LogP contribution in [-0.2, 0) is 5.41 Å². The summed E-state index contributed by atoms with van der Waals surface area (Å²) in [7, 11) is 0. The number of nitrogens with zero attached hydrogens (tertiary/aromatic N) is 1. The lowest BCUT2D eigenvalue weighted by molar-refractivity contribution is 0.662. The first-order valence-corrected chi connectivity index (χ1v) is 23.6.